The molecule has 0 N–H and O–H groups in total. The molecule has 20 heavy (non-hydrogen) atoms. The molecule has 0 aliphatic heterocycles. The fourth-order valence-corrected chi connectivity index (χ4v) is 2.14. The van der Waals surface area contributed by atoms with E-state index in [0.717, 1.165) is 5.52 Å². The van der Waals surface area contributed by atoms with Crippen LogP contribution in [0.25, 0.3) is 11.1 Å². The number of oxazole rings is 1. The highest BCUT2D eigenvalue weighted by Crippen LogP contribution is 2.22. The van der Waals surface area contributed by atoms with Crippen molar-refractivity contribution in [2.45, 2.75) is 6.92 Å². The molecule has 0 saturated carbocycles. The van der Waals surface area contributed by atoms with Crippen molar-refractivity contribution in [2.75, 3.05) is 0 Å². The summed E-state index contributed by atoms with van der Waals surface area (Å²) >= 11 is 3.26. The van der Waals surface area contributed by atoms with Crippen LogP contribution in [0.5, 0.6) is 5.75 Å². The highest BCUT2D eigenvalue weighted by molar-refractivity contribution is 9.10. The van der Waals surface area contributed by atoms with Gasteiger partial charge in [-0.25, -0.2) is 9.78 Å². The van der Waals surface area contributed by atoms with Gasteiger partial charge in [0.1, 0.15) is 11.3 Å². The van der Waals surface area contributed by atoms with E-state index in [9.17, 15) is 4.79 Å². The van der Waals surface area contributed by atoms with Crippen molar-refractivity contribution in [1.82, 2.24) is 9.97 Å². The second kappa shape index (κ2) is 5.05. The fourth-order valence-electron chi connectivity index (χ4n) is 1.77. The van der Waals surface area contributed by atoms with Gasteiger partial charge in [0.25, 0.3) is 0 Å². The Bertz CT molecular complexity index is 798. The van der Waals surface area contributed by atoms with Gasteiger partial charge in [0.05, 0.1) is 5.56 Å². The SMILES string of the molecule is Cc1nc2ccc(OC(=O)c3cncc(Br)c3)cc2o1. The van der Waals surface area contributed by atoms with Gasteiger partial charge in [-0.2, -0.15) is 0 Å². The Morgan fingerprint density at radius 2 is 2.15 bits per heavy atom. The van der Waals surface area contributed by atoms with E-state index in [-0.39, 0.29) is 0 Å². The van der Waals surface area contributed by atoms with Crippen molar-refractivity contribution in [3.8, 4) is 5.75 Å². The topological polar surface area (TPSA) is 65.2 Å². The van der Waals surface area contributed by atoms with Crippen molar-refractivity contribution in [1.29, 1.82) is 0 Å². The van der Waals surface area contributed by atoms with Crippen LogP contribution in [0.1, 0.15) is 16.2 Å². The fraction of sp³-hybridized carbons (Fsp3) is 0.0714. The molecule has 1 aromatic carbocycles. The zero-order chi connectivity index (χ0) is 14.1. The number of ether oxygens (including phenoxy) is 1. The zero-order valence-corrected chi connectivity index (χ0v) is 12.0. The number of rotatable bonds is 2. The minimum absolute atomic E-state index is 0.369. The number of esters is 1. The number of aryl methyl sites for hydroxylation is 1. The largest absolute Gasteiger partial charge is 0.441 e. The van der Waals surface area contributed by atoms with Crippen molar-refractivity contribution >= 4 is 33.0 Å². The van der Waals surface area contributed by atoms with Crippen LogP contribution in [-0.4, -0.2) is 15.9 Å². The van der Waals surface area contributed by atoms with Crippen molar-refractivity contribution in [3.05, 3.63) is 52.6 Å². The summed E-state index contributed by atoms with van der Waals surface area (Å²) < 4.78 is 11.4. The molecule has 3 aromatic rings. The Hall–Kier alpha value is -2.21. The quantitative estimate of drug-likeness (QED) is 0.530. The Kier molecular flexibility index (Phi) is 3.23. The lowest BCUT2D eigenvalue weighted by Gasteiger charge is -2.03. The summed E-state index contributed by atoms with van der Waals surface area (Å²) in [7, 11) is 0. The third-order valence-electron chi connectivity index (χ3n) is 2.62. The average molecular weight is 333 g/mol. The summed E-state index contributed by atoms with van der Waals surface area (Å²) in [5.74, 6) is 0.493. The summed E-state index contributed by atoms with van der Waals surface area (Å²) in [6.45, 7) is 1.76. The zero-order valence-electron chi connectivity index (χ0n) is 10.5. The Labute approximate surface area is 122 Å². The maximum atomic E-state index is 12.0. The second-order valence-electron chi connectivity index (χ2n) is 4.14. The van der Waals surface area contributed by atoms with E-state index < -0.39 is 5.97 Å². The molecule has 2 heterocycles. The summed E-state index contributed by atoms with van der Waals surface area (Å²) in [5, 5.41) is 0. The second-order valence-corrected chi connectivity index (χ2v) is 5.06. The third kappa shape index (κ3) is 2.55. The number of fused-ring (bicyclic) bond motifs is 1. The van der Waals surface area contributed by atoms with E-state index in [0.29, 0.717) is 27.3 Å². The molecular weight excluding hydrogens is 324 g/mol. The molecule has 0 radical (unpaired) electrons. The minimum Gasteiger partial charge on any atom is -0.441 e. The molecule has 6 heteroatoms. The van der Waals surface area contributed by atoms with Crippen molar-refractivity contribution < 1.29 is 13.9 Å². The molecule has 0 aliphatic rings. The van der Waals surface area contributed by atoms with E-state index in [2.05, 4.69) is 25.9 Å². The standard InChI is InChI=1S/C14H9BrN2O3/c1-8-17-12-3-2-11(5-13(12)19-8)20-14(18)9-4-10(15)7-16-6-9/h2-7H,1H3. The van der Waals surface area contributed by atoms with E-state index in [1.807, 2.05) is 0 Å². The number of benzene rings is 1. The number of halogens is 1. The highest BCUT2D eigenvalue weighted by atomic mass is 79.9. The number of aromatic nitrogens is 2. The molecule has 0 fully saturated rings. The maximum absolute atomic E-state index is 12.0. The third-order valence-corrected chi connectivity index (χ3v) is 3.05. The Morgan fingerprint density at radius 3 is 2.95 bits per heavy atom. The van der Waals surface area contributed by atoms with Crippen LogP contribution in [0.4, 0.5) is 0 Å². The van der Waals surface area contributed by atoms with Gasteiger partial charge in [-0.05, 0) is 34.1 Å². The number of nitrogens with zero attached hydrogens (tertiary/aromatic N) is 2. The number of pyridine rings is 1. The lowest BCUT2D eigenvalue weighted by atomic mass is 10.3. The molecule has 0 amide bonds. The van der Waals surface area contributed by atoms with Crippen LogP contribution in [0, 0.1) is 6.92 Å². The molecule has 0 unspecified atom stereocenters. The molecule has 3 rings (SSSR count). The molecular formula is C14H9BrN2O3. The van der Waals surface area contributed by atoms with Gasteiger partial charge in [-0.3, -0.25) is 4.98 Å². The Morgan fingerprint density at radius 1 is 1.30 bits per heavy atom. The summed E-state index contributed by atoms with van der Waals surface area (Å²) in [6, 6.07) is 6.70. The van der Waals surface area contributed by atoms with E-state index in [1.165, 1.54) is 6.20 Å². The van der Waals surface area contributed by atoms with Gasteiger partial charge in [0.15, 0.2) is 11.5 Å². The highest BCUT2D eigenvalue weighted by Gasteiger charge is 2.11. The predicted molar refractivity (Wildman–Crippen MR) is 75.6 cm³/mol. The summed E-state index contributed by atoms with van der Waals surface area (Å²) in [4.78, 5) is 20.1. The molecule has 2 aromatic heterocycles. The van der Waals surface area contributed by atoms with Crippen LogP contribution >= 0.6 is 15.9 Å². The van der Waals surface area contributed by atoms with Gasteiger partial charge in [0.2, 0.25) is 0 Å². The number of carbonyl (C=O) groups is 1. The number of carbonyl (C=O) groups excluding carboxylic acids is 1. The lowest BCUT2D eigenvalue weighted by Crippen LogP contribution is -2.08. The van der Waals surface area contributed by atoms with E-state index >= 15 is 0 Å². The monoisotopic (exact) mass is 332 g/mol. The van der Waals surface area contributed by atoms with E-state index in [4.69, 9.17) is 9.15 Å². The average Bonchev–Trinajstić information content (AvgIpc) is 2.78. The first-order chi connectivity index (χ1) is 9.61. The molecule has 0 saturated heterocycles. The summed E-state index contributed by atoms with van der Waals surface area (Å²) in [6.07, 6.45) is 3.05. The number of hydrogen-bond donors (Lipinski definition) is 0. The van der Waals surface area contributed by atoms with Gasteiger partial charge in [0, 0.05) is 29.9 Å². The smallest absolute Gasteiger partial charge is 0.345 e. The normalized spacial score (nSPS) is 10.7. The minimum atomic E-state index is -0.477. The molecule has 0 atom stereocenters. The van der Waals surface area contributed by atoms with Crippen molar-refractivity contribution in [3.63, 3.8) is 0 Å². The first-order valence-corrected chi connectivity index (χ1v) is 6.61. The Balaban J connectivity index is 1.87. The summed E-state index contributed by atoms with van der Waals surface area (Å²) in [5.41, 5.74) is 1.68. The van der Waals surface area contributed by atoms with E-state index in [1.54, 1.807) is 37.4 Å². The first-order valence-electron chi connectivity index (χ1n) is 5.82. The van der Waals surface area contributed by atoms with Gasteiger partial charge in [-0.15, -0.1) is 0 Å². The maximum Gasteiger partial charge on any atom is 0.345 e. The molecule has 5 nitrogen and oxygen atoms in total. The molecule has 0 spiro atoms. The van der Waals surface area contributed by atoms with Crippen LogP contribution in [0.15, 0.2) is 45.5 Å². The van der Waals surface area contributed by atoms with Crippen LogP contribution in [0.2, 0.25) is 0 Å². The molecule has 100 valence electrons. The molecule has 0 aliphatic carbocycles. The predicted octanol–water partition coefficient (Wildman–Crippen LogP) is 3.51. The molecule has 0 bridgehead atoms. The van der Waals surface area contributed by atoms with Gasteiger partial charge < -0.3 is 9.15 Å². The number of hydrogen-bond acceptors (Lipinski definition) is 5. The lowest BCUT2D eigenvalue weighted by molar-refractivity contribution is 0.0734. The van der Waals surface area contributed by atoms with Gasteiger partial charge >= 0.3 is 5.97 Å². The van der Waals surface area contributed by atoms with Crippen molar-refractivity contribution in [2.24, 2.45) is 0 Å². The van der Waals surface area contributed by atoms with Crippen LogP contribution in [-0.2, 0) is 0 Å². The van der Waals surface area contributed by atoms with Gasteiger partial charge in [-0.1, -0.05) is 0 Å². The van der Waals surface area contributed by atoms with Crippen LogP contribution < -0.4 is 4.74 Å². The van der Waals surface area contributed by atoms with Crippen LogP contribution in [0.3, 0.4) is 0 Å². The first kappa shape index (κ1) is 12.8.